The van der Waals surface area contributed by atoms with Crippen LogP contribution in [0.15, 0.2) is 27.5 Å². The Labute approximate surface area is 108 Å². The molecule has 102 valence electrons. The highest BCUT2D eigenvalue weighted by Gasteiger charge is 2.17. The molecular formula is C12H14N2O5. The lowest BCUT2D eigenvalue weighted by atomic mass is 10.2. The second-order valence-electron chi connectivity index (χ2n) is 3.97. The Morgan fingerprint density at radius 2 is 2.42 bits per heavy atom. The highest BCUT2D eigenvalue weighted by atomic mass is 16.5. The normalized spacial score (nSPS) is 12.5. The van der Waals surface area contributed by atoms with Crippen molar-refractivity contribution in [3.8, 4) is 0 Å². The number of aliphatic hydroxyl groups is 1. The molecule has 0 saturated carbocycles. The fraction of sp³-hybridized carbons (Fsp3) is 0.417. The number of carbonyl (C=O) groups excluding carboxylic acids is 1. The van der Waals surface area contributed by atoms with Crippen LogP contribution in [0.4, 0.5) is 0 Å². The molecule has 0 aromatic carbocycles. The lowest BCUT2D eigenvalue weighted by Crippen LogP contribution is -2.26. The molecule has 0 aliphatic heterocycles. The van der Waals surface area contributed by atoms with E-state index in [4.69, 9.17) is 9.15 Å². The molecule has 2 aromatic rings. The van der Waals surface area contributed by atoms with Crippen LogP contribution in [0, 0.1) is 0 Å². The quantitative estimate of drug-likeness (QED) is 0.782. The van der Waals surface area contributed by atoms with Crippen molar-refractivity contribution >= 4 is 17.2 Å². The largest absolute Gasteiger partial charge is 0.466 e. The zero-order valence-corrected chi connectivity index (χ0v) is 10.4. The van der Waals surface area contributed by atoms with Gasteiger partial charge in [0, 0.05) is 6.20 Å². The Hall–Kier alpha value is -2.15. The summed E-state index contributed by atoms with van der Waals surface area (Å²) in [6, 6.07) is 3.25. The Bertz CT molecular complexity index is 630. The number of carbonyl (C=O) groups is 1. The van der Waals surface area contributed by atoms with Gasteiger partial charge < -0.3 is 14.3 Å². The minimum absolute atomic E-state index is 0.0678. The number of hydrogen-bond acceptors (Lipinski definition) is 6. The standard InChI is InChI=1S/C12H14N2O5/c1-2-18-10(16)6-8(15)7-14-11-9(19-12(14)17)4-3-5-13-11/h3-5,8,15H,2,6-7H2,1H3. The van der Waals surface area contributed by atoms with Crippen LogP contribution in [-0.4, -0.2) is 33.3 Å². The number of ether oxygens (including phenoxy) is 1. The highest BCUT2D eigenvalue weighted by molar-refractivity contribution is 5.70. The molecule has 0 saturated heterocycles. The molecular weight excluding hydrogens is 252 g/mol. The number of aliphatic hydroxyl groups excluding tert-OH is 1. The number of pyridine rings is 1. The summed E-state index contributed by atoms with van der Waals surface area (Å²) in [6.45, 7) is 1.87. The van der Waals surface area contributed by atoms with Crippen LogP contribution in [0.5, 0.6) is 0 Å². The maximum Gasteiger partial charge on any atom is 0.421 e. The molecule has 1 unspecified atom stereocenters. The number of rotatable bonds is 5. The predicted octanol–water partition coefficient (Wildman–Crippen LogP) is 0.304. The van der Waals surface area contributed by atoms with Gasteiger partial charge in [-0.2, -0.15) is 0 Å². The van der Waals surface area contributed by atoms with E-state index in [1.54, 1.807) is 19.1 Å². The molecule has 2 aromatic heterocycles. The van der Waals surface area contributed by atoms with Crippen molar-refractivity contribution in [2.24, 2.45) is 0 Å². The predicted molar refractivity (Wildman–Crippen MR) is 65.5 cm³/mol. The monoisotopic (exact) mass is 266 g/mol. The first-order valence-corrected chi connectivity index (χ1v) is 5.90. The fourth-order valence-electron chi connectivity index (χ4n) is 1.75. The molecule has 2 heterocycles. The van der Waals surface area contributed by atoms with Crippen LogP contribution in [0.25, 0.3) is 11.2 Å². The third kappa shape index (κ3) is 3.00. The van der Waals surface area contributed by atoms with E-state index in [0.717, 1.165) is 0 Å². The Morgan fingerprint density at radius 1 is 1.63 bits per heavy atom. The van der Waals surface area contributed by atoms with Gasteiger partial charge in [0.25, 0.3) is 0 Å². The van der Waals surface area contributed by atoms with Crippen LogP contribution < -0.4 is 5.76 Å². The lowest BCUT2D eigenvalue weighted by molar-refractivity contribution is -0.145. The molecule has 0 radical (unpaired) electrons. The molecule has 0 aliphatic rings. The number of nitrogens with zero attached hydrogens (tertiary/aromatic N) is 2. The number of esters is 1. The number of fused-ring (bicyclic) bond motifs is 1. The second-order valence-corrected chi connectivity index (χ2v) is 3.97. The Kier molecular flexibility index (Phi) is 3.96. The maximum absolute atomic E-state index is 11.6. The lowest BCUT2D eigenvalue weighted by Gasteiger charge is -2.09. The topological polar surface area (TPSA) is 94.6 Å². The van der Waals surface area contributed by atoms with E-state index in [1.807, 2.05) is 0 Å². The number of oxazole rings is 1. The van der Waals surface area contributed by atoms with Gasteiger partial charge in [0.15, 0.2) is 11.2 Å². The summed E-state index contributed by atoms with van der Waals surface area (Å²) >= 11 is 0. The summed E-state index contributed by atoms with van der Waals surface area (Å²) in [6.07, 6.45) is 0.310. The van der Waals surface area contributed by atoms with Gasteiger partial charge in [-0.1, -0.05) is 0 Å². The van der Waals surface area contributed by atoms with Gasteiger partial charge in [-0.25, -0.2) is 9.78 Å². The van der Waals surface area contributed by atoms with E-state index in [2.05, 4.69) is 4.98 Å². The smallest absolute Gasteiger partial charge is 0.421 e. The fourth-order valence-corrected chi connectivity index (χ4v) is 1.75. The molecule has 7 nitrogen and oxygen atoms in total. The van der Waals surface area contributed by atoms with Gasteiger partial charge in [0.1, 0.15) is 0 Å². The third-order valence-electron chi connectivity index (χ3n) is 2.53. The molecule has 7 heteroatoms. The molecule has 19 heavy (non-hydrogen) atoms. The van der Waals surface area contributed by atoms with Crippen LogP contribution in [0.3, 0.4) is 0 Å². The average Bonchev–Trinajstić information content (AvgIpc) is 2.66. The van der Waals surface area contributed by atoms with Crippen molar-refractivity contribution in [1.82, 2.24) is 9.55 Å². The molecule has 0 aliphatic carbocycles. The third-order valence-corrected chi connectivity index (χ3v) is 2.53. The van der Waals surface area contributed by atoms with Crippen LogP contribution in [-0.2, 0) is 16.1 Å². The zero-order valence-electron chi connectivity index (χ0n) is 10.4. The Morgan fingerprint density at radius 3 is 3.16 bits per heavy atom. The first kappa shape index (κ1) is 13.3. The molecule has 0 bridgehead atoms. The van der Waals surface area contributed by atoms with Gasteiger partial charge in [0.2, 0.25) is 0 Å². The maximum atomic E-state index is 11.6. The Balaban J connectivity index is 2.15. The van der Waals surface area contributed by atoms with E-state index < -0.39 is 17.8 Å². The molecule has 0 amide bonds. The van der Waals surface area contributed by atoms with Crippen molar-refractivity contribution in [1.29, 1.82) is 0 Å². The van der Waals surface area contributed by atoms with E-state index in [1.165, 1.54) is 10.8 Å². The van der Waals surface area contributed by atoms with Crippen molar-refractivity contribution in [2.45, 2.75) is 26.0 Å². The minimum Gasteiger partial charge on any atom is -0.466 e. The van der Waals surface area contributed by atoms with E-state index in [9.17, 15) is 14.7 Å². The zero-order chi connectivity index (χ0) is 13.8. The first-order valence-electron chi connectivity index (χ1n) is 5.90. The van der Waals surface area contributed by atoms with Crippen molar-refractivity contribution in [2.75, 3.05) is 6.61 Å². The van der Waals surface area contributed by atoms with Crippen LogP contribution in [0.2, 0.25) is 0 Å². The average molecular weight is 266 g/mol. The summed E-state index contributed by atoms with van der Waals surface area (Å²) in [4.78, 5) is 26.8. The van der Waals surface area contributed by atoms with Crippen molar-refractivity contribution in [3.05, 3.63) is 28.9 Å². The van der Waals surface area contributed by atoms with E-state index in [0.29, 0.717) is 11.2 Å². The first-order chi connectivity index (χ1) is 9.11. The van der Waals surface area contributed by atoms with E-state index in [-0.39, 0.29) is 19.6 Å². The second kappa shape index (κ2) is 5.66. The van der Waals surface area contributed by atoms with Crippen LogP contribution in [0.1, 0.15) is 13.3 Å². The van der Waals surface area contributed by atoms with Gasteiger partial charge in [-0.3, -0.25) is 9.36 Å². The number of hydrogen-bond donors (Lipinski definition) is 1. The molecule has 1 atom stereocenters. The molecule has 0 fully saturated rings. The molecule has 2 rings (SSSR count). The van der Waals surface area contributed by atoms with Gasteiger partial charge >= 0.3 is 11.7 Å². The molecule has 1 N–H and O–H groups in total. The summed E-state index contributed by atoms with van der Waals surface area (Å²) in [5.74, 6) is -1.12. The van der Waals surface area contributed by atoms with E-state index >= 15 is 0 Å². The van der Waals surface area contributed by atoms with Crippen molar-refractivity contribution in [3.63, 3.8) is 0 Å². The van der Waals surface area contributed by atoms with Crippen LogP contribution >= 0.6 is 0 Å². The summed E-state index contributed by atoms with van der Waals surface area (Å²) < 4.78 is 10.9. The van der Waals surface area contributed by atoms with Crippen molar-refractivity contribution < 1.29 is 19.1 Å². The summed E-state index contributed by atoms with van der Waals surface area (Å²) in [7, 11) is 0. The summed E-state index contributed by atoms with van der Waals surface area (Å²) in [5, 5.41) is 9.77. The molecule has 0 spiro atoms. The minimum atomic E-state index is -1.03. The van der Waals surface area contributed by atoms with Gasteiger partial charge in [-0.05, 0) is 19.1 Å². The SMILES string of the molecule is CCOC(=O)CC(O)Cn1c(=O)oc2cccnc21. The summed E-state index contributed by atoms with van der Waals surface area (Å²) in [5.41, 5.74) is 0.686. The number of aromatic nitrogens is 2. The highest BCUT2D eigenvalue weighted by Crippen LogP contribution is 2.10. The van der Waals surface area contributed by atoms with Gasteiger partial charge in [0.05, 0.1) is 25.7 Å². The van der Waals surface area contributed by atoms with Gasteiger partial charge in [-0.15, -0.1) is 0 Å².